The molecule has 0 radical (unpaired) electrons. The van der Waals surface area contributed by atoms with E-state index in [0.29, 0.717) is 18.5 Å². The third kappa shape index (κ3) is 7.48. The predicted octanol–water partition coefficient (Wildman–Crippen LogP) is 4.63. The lowest BCUT2D eigenvalue weighted by Crippen LogP contribution is -2.51. The lowest BCUT2D eigenvalue weighted by Gasteiger charge is -2.32. The van der Waals surface area contributed by atoms with Gasteiger partial charge >= 0.3 is 0 Å². The molecule has 2 amide bonds. The number of methoxy groups -OCH3 is 1. The van der Waals surface area contributed by atoms with Crippen molar-refractivity contribution in [2.24, 2.45) is 0 Å². The first-order chi connectivity index (χ1) is 18.6. The molecule has 0 heterocycles. The second-order valence-electron chi connectivity index (χ2n) is 8.76. The van der Waals surface area contributed by atoms with Crippen LogP contribution in [0, 0.1) is 5.82 Å². The van der Waals surface area contributed by atoms with E-state index >= 15 is 0 Å². The molecule has 3 rings (SSSR count). The van der Waals surface area contributed by atoms with E-state index in [9.17, 15) is 22.4 Å². The van der Waals surface area contributed by atoms with Gasteiger partial charge in [0.05, 0.1) is 17.7 Å². The van der Waals surface area contributed by atoms with Crippen LogP contribution in [0.15, 0.2) is 77.7 Å². The summed E-state index contributed by atoms with van der Waals surface area (Å²) in [4.78, 5) is 28.0. The molecule has 39 heavy (non-hydrogen) atoms. The second kappa shape index (κ2) is 13.4. The first-order valence-electron chi connectivity index (χ1n) is 12.3. The van der Waals surface area contributed by atoms with Crippen molar-refractivity contribution in [1.29, 1.82) is 0 Å². The molecule has 0 spiro atoms. The third-order valence-electron chi connectivity index (χ3n) is 6.00. The molecule has 0 aliphatic heterocycles. The average molecular weight is 576 g/mol. The van der Waals surface area contributed by atoms with Crippen LogP contribution in [0.5, 0.6) is 5.75 Å². The molecular formula is C28H31ClFN3O5S. The summed E-state index contributed by atoms with van der Waals surface area (Å²) in [5.74, 6) is -1.31. The zero-order valence-electron chi connectivity index (χ0n) is 21.9. The van der Waals surface area contributed by atoms with Gasteiger partial charge in [-0.15, -0.1) is 0 Å². The zero-order chi connectivity index (χ0) is 28.6. The van der Waals surface area contributed by atoms with Gasteiger partial charge in [0, 0.05) is 18.1 Å². The highest BCUT2D eigenvalue weighted by atomic mass is 35.5. The predicted molar refractivity (Wildman–Crippen MR) is 149 cm³/mol. The van der Waals surface area contributed by atoms with Gasteiger partial charge in [-0.05, 0) is 61.4 Å². The molecule has 208 valence electrons. The fraction of sp³-hybridized carbons (Fsp3) is 0.286. The van der Waals surface area contributed by atoms with Crippen LogP contribution >= 0.6 is 11.6 Å². The van der Waals surface area contributed by atoms with E-state index in [0.717, 1.165) is 4.31 Å². The molecule has 0 fully saturated rings. The number of hydrogen-bond acceptors (Lipinski definition) is 5. The number of nitrogens with one attached hydrogen (secondary N) is 1. The first kappa shape index (κ1) is 29.9. The number of hydrogen-bond donors (Lipinski definition) is 1. The highest BCUT2D eigenvalue weighted by Crippen LogP contribution is 2.35. The Hall–Kier alpha value is -3.63. The third-order valence-corrected chi connectivity index (χ3v) is 8.01. The summed E-state index contributed by atoms with van der Waals surface area (Å²) >= 11 is 6.22. The van der Waals surface area contributed by atoms with Crippen LogP contribution in [-0.4, -0.2) is 51.4 Å². The van der Waals surface area contributed by atoms with E-state index in [2.05, 4.69) is 5.32 Å². The first-order valence-corrected chi connectivity index (χ1v) is 14.1. The fourth-order valence-electron chi connectivity index (χ4n) is 3.86. The minimum absolute atomic E-state index is 0.0429. The maximum absolute atomic E-state index is 13.9. The Morgan fingerprint density at radius 1 is 1.05 bits per heavy atom. The summed E-state index contributed by atoms with van der Waals surface area (Å²) in [6.45, 7) is 3.17. The van der Waals surface area contributed by atoms with Gasteiger partial charge in [0.2, 0.25) is 11.8 Å². The van der Waals surface area contributed by atoms with Crippen LogP contribution in [0.25, 0.3) is 0 Å². The number of amides is 2. The minimum atomic E-state index is -4.27. The minimum Gasteiger partial charge on any atom is -0.495 e. The van der Waals surface area contributed by atoms with Gasteiger partial charge in [0.1, 0.15) is 24.2 Å². The Morgan fingerprint density at radius 2 is 1.72 bits per heavy atom. The van der Waals surface area contributed by atoms with E-state index in [-0.39, 0.29) is 27.9 Å². The van der Waals surface area contributed by atoms with Crippen molar-refractivity contribution in [2.45, 2.75) is 37.8 Å². The van der Waals surface area contributed by atoms with Crippen molar-refractivity contribution in [3.05, 3.63) is 89.2 Å². The summed E-state index contributed by atoms with van der Waals surface area (Å²) in [5, 5.41) is 3.00. The summed E-state index contributed by atoms with van der Waals surface area (Å²) < 4.78 is 47.5. The molecule has 11 heteroatoms. The number of nitrogens with zero attached hydrogens (tertiary/aromatic N) is 2. The molecular weight excluding hydrogens is 545 g/mol. The number of benzene rings is 3. The van der Waals surface area contributed by atoms with E-state index < -0.39 is 40.2 Å². The van der Waals surface area contributed by atoms with E-state index in [1.54, 1.807) is 31.2 Å². The molecule has 0 aliphatic rings. The van der Waals surface area contributed by atoms with Crippen LogP contribution < -0.4 is 14.4 Å². The second-order valence-corrected chi connectivity index (χ2v) is 11.1. The molecule has 3 aromatic carbocycles. The highest BCUT2D eigenvalue weighted by molar-refractivity contribution is 7.92. The van der Waals surface area contributed by atoms with Crippen molar-refractivity contribution in [3.63, 3.8) is 0 Å². The number of carbonyl (C=O) groups is 2. The average Bonchev–Trinajstić information content (AvgIpc) is 2.94. The van der Waals surface area contributed by atoms with Crippen molar-refractivity contribution in [1.82, 2.24) is 10.2 Å². The normalized spacial score (nSPS) is 11.9. The van der Waals surface area contributed by atoms with Gasteiger partial charge in [0.25, 0.3) is 10.0 Å². The van der Waals surface area contributed by atoms with Crippen LogP contribution in [-0.2, 0) is 26.2 Å². The summed E-state index contributed by atoms with van der Waals surface area (Å²) in [6.07, 6.45) is 0.696. The maximum Gasteiger partial charge on any atom is 0.264 e. The lowest BCUT2D eigenvalue weighted by molar-refractivity contribution is -0.139. The topological polar surface area (TPSA) is 96.0 Å². The molecule has 0 unspecified atom stereocenters. The fourth-order valence-corrected chi connectivity index (χ4v) is 5.46. The van der Waals surface area contributed by atoms with Crippen LogP contribution in [0.4, 0.5) is 10.1 Å². The molecule has 0 saturated heterocycles. The Bertz CT molecular complexity index is 1390. The molecule has 8 nitrogen and oxygen atoms in total. The van der Waals surface area contributed by atoms with Crippen LogP contribution in [0.3, 0.4) is 0 Å². The molecule has 0 aromatic heterocycles. The van der Waals surface area contributed by atoms with E-state index in [1.165, 1.54) is 60.5 Å². The number of ether oxygens (including phenoxy) is 1. The number of rotatable bonds is 12. The quantitative estimate of drug-likeness (QED) is 0.340. The SMILES string of the molecule is CCCNC(=O)[C@H](C)N(Cc1ccc(F)cc1)C(=O)CN(c1cc(Cl)ccc1OC)S(=O)(=O)c1ccccc1. The number of carbonyl (C=O) groups excluding carboxylic acids is 2. The molecule has 0 bridgehead atoms. The van der Waals surface area contributed by atoms with Gasteiger partial charge in [-0.3, -0.25) is 13.9 Å². The highest BCUT2D eigenvalue weighted by Gasteiger charge is 2.33. The van der Waals surface area contributed by atoms with Gasteiger partial charge in [0.15, 0.2) is 0 Å². The number of halogens is 2. The summed E-state index contributed by atoms with van der Waals surface area (Å²) in [5.41, 5.74) is 0.629. The van der Waals surface area contributed by atoms with E-state index in [1.807, 2.05) is 6.92 Å². The van der Waals surface area contributed by atoms with E-state index in [4.69, 9.17) is 16.3 Å². The van der Waals surface area contributed by atoms with Gasteiger partial charge < -0.3 is 15.0 Å². The number of anilines is 1. The van der Waals surface area contributed by atoms with Crippen molar-refractivity contribution >= 4 is 39.1 Å². The van der Waals surface area contributed by atoms with Crippen molar-refractivity contribution in [2.75, 3.05) is 24.5 Å². The largest absolute Gasteiger partial charge is 0.495 e. The molecule has 3 aromatic rings. The monoisotopic (exact) mass is 575 g/mol. The standard InChI is InChI=1S/C28H31ClFN3O5S/c1-4-16-31-28(35)20(2)32(18-21-10-13-23(30)14-11-21)27(34)19-33(25-17-22(29)12-15-26(25)38-3)39(36,37)24-8-6-5-7-9-24/h5-15,17,20H,4,16,18-19H2,1-3H3,(H,31,35)/t20-/m0/s1. The summed E-state index contributed by atoms with van der Waals surface area (Å²) in [6, 6.07) is 16.7. The summed E-state index contributed by atoms with van der Waals surface area (Å²) in [7, 11) is -2.90. The molecule has 1 atom stereocenters. The van der Waals surface area contributed by atoms with Crippen LogP contribution in [0.1, 0.15) is 25.8 Å². The Labute approximate surface area is 233 Å². The molecule has 0 aliphatic carbocycles. The maximum atomic E-state index is 13.9. The number of sulfonamides is 1. The van der Waals surface area contributed by atoms with Crippen molar-refractivity contribution < 1.29 is 27.1 Å². The zero-order valence-corrected chi connectivity index (χ0v) is 23.5. The van der Waals surface area contributed by atoms with Crippen LogP contribution in [0.2, 0.25) is 5.02 Å². The lowest BCUT2D eigenvalue weighted by atomic mass is 10.1. The van der Waals surface area contributed by atoms with Crippen molar-refractivity contribution in [3.8, 4) is 5.75 Å². The molecule has 1 N–H and O–H groups in total. The van der Waals surface area contributed by atoms with Gasteiger partial charge in [-0.1, -0.05) is 48.9 Å². The van der Waals surface area contributed by atoms with Gasteiger partial charge in [-0.25, -0.2) is 12.8 Å². The Balaban J connectivity index is 2.07. The Kier molecular flexibility index (Phi) is 10.3. The van der Waals surface area contributed by atoms with Gasteiger partial charge in [-0.2, -0.15) is 0 Å². The Morgan fingerprint density at radius 3 is 2.33 bits per heavy atom. The molecule has 0 saturated carbocycles. The smallest absolute Gasteiger partial charge is 0.264 e.